The SMILES string of the molecule is c1ccc(Cn2cc(-c3cnc(N4CCCCC4)nc3)nn2)nc1. The first-order chi connectivity index (χ1) is 11.9. The van der Waals surface area contributed by atoms with Gasteiger partial charge in [-0.25, -0.2) is 14.6 Å². The van der Waals surface area contributed by atoms with Crippen molar-refractivity contribution < 1.29 is 0 Å². The lowest BCUT2D eigenvalue weighted by Crippen LogP contribution is -2.30. The Kier molecular flexibility index (Phi) is 4.14. The van der Waals surface area contributed by atoms with E-state index in [9.17, 15) is 0 Å². The summed E-state index contributed by atoms with van der Waals surface area (Å²) in [7, 11) is 0. The summed E-state index contributed by atoms with van der Waals surface area (Å²) >= 11 is 0. The van der Waals surface area contributed by atoms with Crippen molar-refractivity contribution in [3.63, 3.8) is 0 Å². The highest BCUT2D eigenvalue weighted by atomic mass is 15.4. The molecule has 0 aliphatic carbocycles. The Morgan fingerprint density at radius 2 is 1.79 bits per heavy atom. The first-order valence-corrected chi connectivity index (χ1v) is 8.26. The van der Waals surface area contributed by atoms with Crippen LogP contribution in [0.25, 0.3) is 11.3 Å². The molecule has 0 saturated carbocycles. The molecule has 1 saturated heterocycles. The average Bonchev–Trinajstić information content (AvgIpc) is 3.12. The molecule has 1 fully saturated rings. The first kappa shape index (κ1) is 14.7. The minimum absolute atomic E-state index is 0.598. The van der Waals surface area contributed by atoms with E-state index in [2.05, 4.69) is 30.2 Å². The van der Waals surface area contributed by atoms with E-state index in [0.29, 0.717) is 6.54 Å². The molecule has 24 heavy (non-hydrogen) atoms. The molecule has 3 aromatic rings. The molecule has 7 nitrogen and oxygen atoms in total. The minimum atomic E-state index is 0.598. The highest BCUT2D eigenvalue weighted by Crippen LogP contribution is 2.19. The van der Waals surface area contributed by atoms with Gasteiger partial charge in [-0.2, -0.15) is 0 Å². The molecule has 0 aromatic carbocycles. The third kappa shape index (κ3) is 3.24. The van der Waals surface area contributed by atoms with Gasteiger partial charge in [-0.05, 0) is 31.4 Å². The number of nitrogens with zero attached hydrogens (tertiary/aromatic N) is 7. The molecule has 1 aliphatic rings. The summed E-state index contributed by atoms with van der Waals surface area (Å²) in [5.41, 5.74) is 2.60. The summed E-state index contributed by atoms with van der Waals surface area (Å²) in [6.07, 6.45) is 11.1. The number of aromatic nitrogens is 6. The van der Waals surface area contributed by atoms with Gasteiger partial charge in [0, 0.05) is 37.2 Å². The maximum absolute atomic E-state index is 4.50. The van der Waals surface area contributed by atoms with Crippen molar-refractivity contribution >= 4 is 5.95 Å². The third-order valence-corrected chi connectivity index (χ3v) is 4.16. The second-order valence-corrected chi connectivity index (χ2v) is 5.94. The van der Waals surface area contributed by atoms with Crippen LogP contribution in [-0.4, -0.2) is 43.0 Å². The number of hydrogen-bond acceptors (Lipinski definition) is 6. The van der Waals surface area contributed by atoms with Gasteiger partial charge >= 0.3 is 0 Å². The van der Waals surface area contributed by atoms with Gasteiger partial charge in [0.15, 0.2) is 0 Å². The van der Waals surface area contributed by atoms with Gasteiger partial charge in [0.25, 0.3) is 0 Å². The number of anilines is 1. The Labute approximate surface area is 140 Å². The standard InChI is InChI=1S/C17H19N7/c1-4-8-23(9-5-1)17-19-10-14(11-20-17)16-13-24(22-21-16)12-15-6-2-3-7-18-15/h2-3,6-7,10-11,13H,1,4-5,8-9,12H2. The number of hydrogen-bond donors (Lipinski definition) is 0. The lowest BCUT2D eigenvalue weighted by molar-refractivity contribution is 0.568. The topological polar surface area (TPSA) is 72.6 Å². The minimum Gasteiger partial charge on any atom is -0.341 e. The average molecular weight is 321 g/mol. The summed E-state index contributed by atoms with van der Waals surface area (Å²) in [6.45, 7) is 2.68. The molecular weight excluding hydrogens is 302 g/mol. The summed E-state index contributed by atoms with van der Waals surface area (Å²) in [6, 6.07) is 5.84. The molecule has 4 heterocycles. The van der Waals surface area contributed by atoms with E-state index in [1.165, 1.54) is 19.3 Å². The van der Waals surface area contributed by atoms with Crippen LogP contribution < -0.4 is 4.90 Å². The van der Waals surface area contributed by atoms with E-state index in [1.54, 1.807) is 10.9 Å². The van der Waals surface area contributed by atoms with Gasteiger partial charge in [-0.3, -0.25) is 4.98 Å². The van der Waals surface area contributed by atoms with Crippen molar-refractivity contribution in [1.29, 1.82) is 0 Å². The van der Waals surface area contributed by atoms with Crippen LogP contribution in [0.1, 0.15) is 25.0 Å². The van der Waals surface area contributed by atoms with E-state index in [-0.39, 0.29) is 0 Å². The summed E-state index contributed by atoms with van der Waals surface area (Å²) in [4.78, 5) is 15.5. The lowest BCUT2D eigenvalue weighted by atomic mass is 10.1. The normalized spacial score (nSPS) is 14.8. The molecule has 0 amide bonds. The predicted octanol–water partition coefficient (Wildman–Crippen LogP) is 2.17. The zero-order valence-corrected chi connectivity index (χ0v) is 13.4. The quantitative estimate of drug-likeness (QED) is 0.733. The molecule has 0 atom stereocenters. The van der Waals surface area contributed by atoms with Crippen LogP contribution in [0.2, 0.25) is 0 Å². The molecule has 1 aliphatic heterocycles. The highest BCUT2D eigenvalue weighted by Gasteiger charge is 2.14. The lowest BCUT2D eigenvalue weighted by Gasteiger charge is -2.26. The Bertz CT molecular complexity index is 776. The molecule has 0 spiro atoms. The van der Waals surface area contributed by atoms with E-state index in [4.69, 9.17) is 0 Å². The first-order valence-electron chi connectivity index (χ1n) is 8.26. The zero-order valence-electron chi connectivity index (χ0n) is 13.4. The smallest absolute Gasteiger partial charge is 0.225 e. The van der Waals surface area contributed by atoms with Crippen molar-refractivity contribution in [2.45, 2.75) is 25.8 Å². The Morgan fingerprint density at radius 3 is 2.54 bits per heavy atom. The Hall–Kier alpha value is -2.83. The molecule has 0 unspecified atom stereocenters. The zero-order chi connectivity index (χ0) is 16.2. The molecule has 4 rings (SSSR count). The molecule has 0 N–H and O–H groups in total. The third-order valence-electron chi connectivity index (χ3n) is 4.16. The van der Waals surface area contributed by atoms with E-state index in [0.717, 1.165) is 36.0 Å². The molecular formula is C17H19N7. The Morgan fingerprint density at radius 1 is 0.958 bits per heavy atom. The summed E-state index contributed by atoms with van der Waals surface area (Å²) in [5, 5.41) is 8.38. The largest absolute Gasteiger partial charge is 0.341 e. The number of rotatable bonds is 4. The van der Waals surface area contributed by atoms with Crippen LogP contribution in [0.3, 0.4) is 0 Å². The summed E-state index contributed by atoms with van der Waals surface area (Å²) in [5.74, 6) is 0.805. The second kappa shape index (κ2) is 6.74. The van der Waals surface area contributed by atoms with Crippen LogP contribution in [0, 0.1) is 0 Å². The van der Waals surface area contributed by atoms with Crippen LogP contribution >= 0.6 is 0 Å². The van der Waals surface area contributed by atoms with Gasteiger partial charge in [-0.1, -0.05) is 11.3 Å². The van der Waals surface area contributed by atoms with Gasteiger partial charge in [0.1, 0.15) is 5.69 Å². The Balaban J connectivity index is 1.48. The monoisotopic (exact) mass is 321 g/mol. The van der Waals surface area contributed by atoms with Gasteiger partial charge in [0.2, 0.25) is 5.95 Å². The van der Waals surface area contributed by atoms with Crippen molar-refractivity contribution in [3.05, 3.63) is 48.7 Å². The molecule has 3 aromatic heterocycles. The van der Waals surface area contributed by atoms with Crippen molar-refractivity contribution in [3.8, 4) is 11.3 Å². The van der Waals surface area contributed by atoms with Gasteiger partial charge < -0.3 is 4.90 Å². The number of pyridine rings is 1. The van der Waals surface area contributed by atoms with Crippen LogP contribution in [0.15, 0.2) is 43.0 Å². The van der Waals surface area contributed by atoms with Gasteiger partial charge in [0.05, 0.1) is 18.4 Å². The fraction of sp³-hybridized carbons (Fsp3) is 0.353. The van der Waals surface area contributed by atoms with E-state index in [1.807, 2.05) is 36.8 Å². The molecule has 0 bridgehead atoms. The highest BCUT2D eigenvalue weighted by molar-refractivity contribution is 5.56. The molecule has 122 valence electrons. The van der Waals surface area contributed by atoms with E-state index < -0.39 is 0 Å². The van der Waals surface area contributed by atoms with Crippen molar-refractivity contribution in [2.24, 2.45) is 0 Å². The summed E-state index contributed by atoms with van der Waals surface area (Å²) < 4.78 is 1.77. The van der Waals surface area contributed by atoms with Crippen LogP contribution in [0.4, 0.5) is 5.95 Å². The fourth-order valence-electron chi connectivity index (χ4n) is 2.88. The van der Waals surface area contributed by atoms with Crippen molar-refractivity contribution in [2.75, 3.05) is 18.0 Å². The number of piperidine rings is 1. The van der Waals surface area contributed by atoms with Crippen LogP contribution in [-0.2, 0) is 6.54 Å². The second-order valence-electron chi connectivity index (χ2n) is 5.94. The molecule has 7 heteroatoms. The molecule has 0 radical (unpaired) electrons. The maximum atomic E-state index is 4.50. The maximum Gasteiger partial charge on any atom is 0.225 e. The fourth-order valence-corrected chi connectivity index (χ4v) is 2.88. The van der Waals surface area contributed by atoms with Crippen LogP contribution in [0.5, 0.6) is 0 Å². The van der Waals surface area contributed by atoms with Gasteiger partial charge in [-0.15, -0.1) is 5.10 Å². The van der Waals surface area contributed by atoms with Crippen molar-refractivity contribution in [1.82, 2.24) is 29.9 Å². The van der Waals surface area contributed by atoms with E-state index >= 15 is 0 Å². The predicted molar refractivity (Wildman–Crippen MR) is 90.5 cm³/mol.